The van der Waals surface area contributed by atoms with Crippen molar-refractivity contribution in [1.82, 2.24) is 10.2 Å². The van der Waals surface area contributed by atoms with Crippen LogP contribution in [0, 0.1) is 0 Å². The van der Waals surface area contributed by atoms with Crippen molar-refractivity contribution in [2.75, 3.05) is 13.1 Å². The molecule has 8 heteroatoms. The van der Waals surface area contributed by atoms with E-state index in [0.29, 0.717) is 23.1 Å². The van der Waals surface area contributed by atoms with Crippen molar-refractivity contribution < 1.29 is 18.0 Å². The average Bonchev–Trinajstić information content (AvgIpc) is 2.62. The highest BCUT2D eigenvalue weighted by molar-refractivity contribution is 9.10. The number of hydrogen-bond donors (Lipinski definition) is 1. The first-order valence-corrected chi connectivity index (χ1v) is 7.05. The van der Waals surface area contributed by atoms with Gasteiger partial charge in [0, 0.05) is 23.6 Å². The lowest BCUT2D eigenvalue weighted by Gasteiger charge is -2.36. The van der Waals surface area contributed by atoms with Crippen LogP contribution < -0.4 is 5.32 Å². The Kier molecular flexibility index (Phi) is 4.30. The minimum absolute atomic E-state index is 0. The fraction of sp³-hybridized carbons (Fsp3) is 0.462. The molecule has 2 atom stereocenters. The number of carbonyl (C=O) groups excluding carboxylic acids is 1. The van der Waals surface area contributed by atoms with E-state index >= 15 is 0 Å². The molecule has 2 aliphatic heterocycles. The van der Waals surface area contributed by atoms with Gasteiger partial charge in [-0.3, -0.25) is 4.79 Å². The number of hydrogen-bond acceptors (Lipinski definition) is 2. The fourth-order valence-corrected chi connectivity index (χ4v) is 3.54. The maximum atomic E-state index is 13.2. The van der Waals surface area contributed by atoms with E-state index in [1.54, 1.807) is 6.07 Å². The lowest BCUT2D eigenvalue weighted by Crippen LogP contribution is -2.50. The number of carbonyl (C=O) groups is 1. The predicted octanol–water partition coefficient (Wildman–Crippen LogP) is 3.38. The second-order valence-corrected chi connectivity index (χ2v) is 6.02. The number of piperazine rings is 1. The summed E-state index contributed by atoms with van der Waals surface area (Å²) >= 11 is 3.11. The molecule has 2 aliphatic rings. The molecular formula is C13H13BrClF3N2O. The van der Waals surface area contributed by atoms with Crippen LogP contribution in [0.15, 0.2) is 16.6 Å². The van der Waals surface area contributed by atoms with Crippen LogP contribution >= 0.6 is 28.3 Å². The van der Waals surface area contributed by atoms with Crippen LogP contribution in [0.4, 0.5) is 13.2 Å². The number of alkyl halides is 3. The smallest absolute Gasteiger partial charge is 0.329 e. The summed E-state index contributed by atoms with van der Waals surface area (Å²) in [5.74, 6) is -0.516. The normalized spacial score (nSPS) is 24.4. The Morgan fingerprint density at radius 2 is 2.05 bits per heavy atom. The van der Waals surface area contributed by atoms with Gasteiger partial charge >= 0.3 is 6.18 Å². The third kappa shape index (κ3) is 2.55. The van der Waals surface area contributed by atoms with Crippen molar-refractivity contribution in [1.29, 1.82) is 0 Å². The summed E-state index contributed by atoms with van der Waals surface area (Å²) < 4.78 is 39.8. The molecule has 0 spiro atoms. The lowest BCUT2D eigenvalue weighted by molar-refractivity contribution is -0.138. The van der Waals surface area contributed by atoms with Crippen molar-refractivity contribution in [3.05, 3.63) is 33.3 Å². The Hall–Kier alpha value is -0.790. The third-order valence-corrected chi connectivity index (χ3v) is 4.32. The molecule has 2 heterocycles. The minimum Gasteiger partial charge on any atom is -0.329 e. The van der Waals surface area contributed by atoms with Crippen molar-refractivity contribution in [3.63, 3.8) is 0 Å². The summed E-state index contributed by atoms with van der Waals surface area (Å²) in [7, 11) is 0. The van der Waals surface area contributed by atoms with Gasteiger partial charge in [-0.2, -0.15) is 13.2 Å². The first-order valence-electron chi connectivity index (χ1n) is 6.25. The minimum atomic E-state index is -4.53. The van der Waals surface area contributed by atoms with Crippen LogP contribution in [0.3, 0.4) is 0 Å². The van der Waals surface area contributed by atoms with E-state index in [2.05, 4.69) is 21.2 Å². The standard InChI is InChI=1S/C13H12BrF3N2O.ClH/c1-6-11-8-4-7(14)5-9(13(15,16)17)10(8)12(20)19(11)3-2-18-6;/h4-6,11,18H,2-3H2,1H3;1H/t6-,11-;/m1./s1. The van der Waals surface area contributed by atoms with Gasteiger partial charge in [0.05, 0.1) is 17.2 Å². The lowest BCUT2D eigenvalue weighted by atomic mass is 9.95. The maximum absolute atomic E-state index is 13.2. The summed E-state index contributed by atoms with van der Waals surface area (Å²) in [6.07, 6.45) is -4.53. The molecule has 3 nitrogen and oxygen atoms in total. The van der Waals surface area contributed by atoms with Crippen LogP contribution in [-0.2, 0) is 6.18 Å². The molecule has 1 saturated heterocycles. The summed E-state index contributed by atoms with van der Waals surface area (Å²) in [4.78, 5) is 13.9. The quantitative estimate of drug-likeness (QED) is 0.742. The molecule has 0 saturated carbocycles. The molecule has 0 radical (unpaired) electrons. The second-order valence-electron chi connectivity index (χ2n) is 5.10. The van der Waals surface area contributed by atoms with Crippen molar-refractivity contribution in [2.45, 2.75) is 25.2 Å². The van der Waals surface area contributed by atoms with Crippen LogP contribution in [0.2, 0.25) is 0 Å². The molecule has 1 aromatic rings. The highest BCUT2D eigenvalue weighted by Gasteiger charge is 2.47. The first-order chi connectivity index (χ1) is 9.30. The van der Waals surface area contributed by atoms with Gasteiger partial charge in [0.25, 0.3) is 5.91 Å². The molecule has 1 fully saturated rings. The summed E-state index contributed by atoms with van der Waals surface area (Å²) in [6, 6.07) is 2.21. The topological polar surface area (TPSA) is 32.3 Å². The zero-order valence-corrected chi connectivity index (χ0v) is 13.4. The highest BCUT2D eigenvalue weighted by atomic mass is 79.9. The molecule has 0 aromatic heterocycles. The molecule has 1 aromatic carbocycles. The van der Waals surface area contributed by atoms with E-state index < -0.39 is 17.6 Å². The van der Waals surface area contributed by atoms with Crippen molar-refractivity contribution in [2.24, 2.45) is 0 Å². The number of nitrogens with one attached hydrogen (secondary N) is 1. The number of nitrogens with zero attached hydrogens (tertiary/aromatic N) is 1. The average molecular weight is 386 g/mol. The number of halogens is 5. The maximum Gasteiger partial charge on any atom is 0.417 e. The van der Waals surface area contributed by atoms with Gasteiger partial charge in [0.2, 0.25) is 0 Å². The van der Waals surface area contributed by atoms with Gasteiger partial charge in [0.1, 0.15) is 0 Å². The second kappa shape index (κ2) is 5.44. The number of fused-ring (bicyclic) bond motifs is 3. The summed E-state index contributed by atoms with van der Waals surface area (Å²) in [5, 5.41) is 3.20. The third-order valence-electron chi connectivity index (χ3n) is 3.86. The van der Waals surface area contributed by atoms with Crippen LogP contribution in [0.1, 0.15) is 34.5 Å². The number of amides is 1. The molecule has 3 rings (SSSR count). The molecular weight excluding hydrogens is 373 g/mol. The molecule has 1 N–H and O–H groups in total. The van der Waals surface area contributed by atoms with Crippen LogP contribution in [0.25, 0.3) is 0 Å². The zero-order chi connectivity index (χ0) is 14.7. The first kappa shape index (κ1) is 16.6. The molecule has 0 bridgehead atoms. The van der Waals surface area contributed by atoms with Gasteiger partial charge in [-0.25, -0.2) is 0 Å². The van der Waals surface area contributed by atoms with Gasteiger partial charge in [-0.05, 0) is 24.6 Å². The fourth-order valence-electron chi connectivity index (χ4n) is 3.07. The zero-order valence-electron chi connectivity index (χ0n) is 11.0. The SMILES string of the molecule is C[C@H]1NCCN2C(=O)c3c(cc(Br)cc3C(F)(F)F)[C@@H]12.Cl. The highest BCUT2D eigenvalue weighted by Crippen LogP contribution is 2.44. The van der Waals surface area contributed by atoms with E-state index in [0.717, 1.165) is 6.07 Å². The van der Waals surface area contributed by atoms with E-state index in [1.807, 2.05) is 6.92 Å². The monoisotopic (exact) mass is 384 g/mol. The van der Waals surface area contributed by atoms with Gasteiger partial charge in [-0.1, -0.05) is 15.9 Å². The van der Waals surface area contributed by atoms with E-state index in [9.17, 15) is 18.0 Å². The Labute approximate surface area is 134 Å². The molecule has 0 unspecified atom stereocenters. The number of rotatable bonds is 0. The summed E-state index contributed by atoms with van der Waals surface area (Å²) in [6.45, 7) is 2.91. The van der Waals surface area contributed by atoms with E-state index in [-0.39, 0.29) is 30.1 Å². The van der Waals surface area contributed by atoms with Gasteiger partial charge in [-0.15, -0.1) is 12.4 Å². The van der Waals surface area contributed by atoms with Gasteiger partial charge < -0.3 is 10.2 Å². The van der Waals surface area contributed by atoms with E-state index in [4.69, 9.17) is 0 Å². The largest absolute Gasteiger partial charge is 0.417 e. The van der Waals surface area contributed by atoms with Gasteiger partial charge in [0.15, 0.2) is 0 Å². The Balaban J connectivity index is 0.00000161. The van der Waals surface area contributed by atoms with Crippen LogP contribution in [-0.4, -0.2) is 29.9 Å². The Morgan fingerprint density at radius 1 is 1.38 bits per heavy atom. The predicted molar refractivity (Wildman–Crippen MR) is 77.6 cm³/mol. The van der Waals surface area contributed by atoms with Crippen LogP contribution in [0.5, 0.6) is 0 Å². The number of benzene rings is 1. The van der Waals surface area contributed by atoms with Crippen molar-refractivity contribution in [3.8, 4) is 0 Å². The van der Waals surface area contributed by atoms with E-state index in [1.165, 1.54) is 4.90 Å². The molecule has 116 valence electrons. The molecule has 0 aliphatic carbocycles. The molecule has 1 amide bonds. The summed E-state index contributed by atoms with van der Waals surface area (Å²) in [5.41, 5.74) is -0.592. The Bertz CT molecular complexity index is 594. The Morgan fingerprint density at radius 3 is 2.67 bits per heavy atom. The van der Waals surface area contributed by atoms with Crippen molar-refractivity contribution >= 4 is 34.2 Å². The molecule has 21 heavy (non-hydrogen) atoms.